The fraction of sp³-hybridized carbons (Fsp3) is 0.917. The molecule has 0 heterocycles. The lowest BCUT2D eigenvalue weighted by molar-refractivity contribution is -0.120. The van der Waals surface area contributed by atoms with Crippen molar-refractivity contribution < 1.29 is 13.2 Å². The van der Waals surface area contributed by atoms with Gasteiger partial charge in [-0.25, -0.2) is 8.42 Å². The van der Waals surface area contributed by atoms with Crippen LogP contribution in [0.3, 0.4) is 0 Å². The SMILES string of the molecule is CS(=O)(=O)CC(=O)NC1C2CCCC1CC(N)C2. The van der Waals surface area contributed by atoms with E-state index in [9.17, 15) is 13.2 Å². The summed E-state index contributed by atoms with van der Waals surface area (Å²) < 4.78 is 22.2. The van der Waals surface area contributed by atoms with Crippen molar-refractivity contribution in [2.75, 3.05) is 12.0 Å². The van der Waals surface area contributed by atoms with E-state index in [0.717, 1.165) is 31.9 Å². The minimum absolute atomic E-state index is 0.132. The quantitative estimate of drug-likeness (QED) is 0.761. The molecule has 0 radical (unpaired) electrons. The average Bonchev–Trinajstić information content (AvgIpc) is 2.16. The molecule has 1 amide bonds. The van der Waals surface area contributed by atoms with Crippen molar-refractivity contribution in [3.63, 3.8) is 0 Å². The van der Waals surface area contributed by atoms with E-state index in [-0.39, 0.29) is 18.0 Å². The van der Waals surface area contributed by atoms with Gasteiger partial charge in [0.15, 0.2) is 9.84 Å². The maximum absolute atomic E-state index is 11.7. The Balaban J connectivity index is 1.98. The van der Waals surface area contributed by atoms with Crippen molar-refractivity contribution in [1.29, 1.82) is 0 Å². The molecule has 0 spiro atoms. The Morgan fingerprint density at radius 3 is 2.33 bits per heavy atom. The Hall–Kier alpha value is -0.620. The number of hydrogen-bond acceptors (Lipinski definition) is 4. The molecule has 2 saturated carbocycles. The molecule has 0 aromatic heterocycles. The number of rotatable bonds is 3. The second-order valence-electron chi connectivity index (χ2n) is 5.85. The number of carbonyl (C=O) groups is 1. The second kappa shape index (κ2) is 5.17. The van der Waals surface area contributed by atoms with Crippen molar-refractivity contribution in [2.45, 2.75) is 44.2 Å². The minimum atomic E-state index is -3.25. The van der Waals surface area contributed by atoms with Gasteiger partial charge in [0.05, 0.1) is 0 Å². The molecule has 6 heteroatoms. The Morgan fingerprint density at radius 1 is 1.28 bits per heavy atom. The third-order valence-corrected chi connectivity index (χ3v) is 4.88. The molecule has 0 aliphatic heterocycles. The molecule has 2 rings (SSSR count). The molecule has 2 fully saturated rings. The van der Waals surface area contributed by atoms with Crippen LogP contribution in [0.1, 0.15) is 32.1 Å². The first-order valence-corrected chi connectivity index (χ1v) is 8.64. The van der Waals surface area contributed by atoms with Crippen LogP contribution in [0.25, 0.3) is 0 Å². The van der Waals surface area contributed by atoms with Crippen LogP contribution in [0.5, 0.6) is 0 Å². The van der Waals surface area contributed by atoms with Gasteiger partial charge in [0.1, 0.15) is 5.75 Å². The van der Waals surface area contributed by atoms with Gasteiger partial charge < -0.3 is 11.1 Å². The van der Waals surface area contributed by atoms with Crippen LogP contribution in [-0.2, 0) is 14.6 Å². The van der Waals surface area contributed by atoms with Crippen molar-refractivity contribution >= 4 is 15.7 Å². The molecule has 0 saturated heterocycles. The van der Waals surface area contributed by atoms with E-state index in [1.165, 1.54) is 6.42 Å². The van der Waals surface area contributed by atoms with Gasteiger partial charge in [-0.1, -0.05) is 6.42 Å². The van der Waals surface area contributed by atoms with E-state index in [2.05, 4.69) is 5.32 Å². The molecule has 18 heavy (non-hydrogen) atoms. The zero-order valence-electron chi connectivity index (χ0n) is 10.8. The molecular formula is C12H22N2O3S. The molecule has 2 aliphatic carbocycles. The first-order chi connectivity index (χ1) is 8.35. The van der Waals surface area contributed by atoms with Gasteiger partial charge in [-0.2, -0.15) is 0 Å². The highest BCUT2D eigenvalue weighted by Gasteiger charge is 2.39. The summed E-state index contributed by atoms with van der Waals surface area (Å²) in [4.78, 5) is 11.7. The highest BCUT2D eigenvalue weighted by Crippen LogP contribution is 2.39. The standard InChI is InChI=1S/C12H22N2O3S/c1-18(16,17)7-11(15)14-12-8-3-2-4-9(12)6-10(13)5-8/h8-10,12H,2-7,13H2,1H3,(H,14,15). The van der Waals surface area contributed by atoms with Gasteiger partial charge in [0.25, 0.3) is 0 Å². The lowest BCUT2D eigenvalue weighted by Gasteiger charge is -2.45. The van der Waals surface area contributed by atoms with Crippen LogP contribution in [0.2, 0.25) is 0 Å². The maximum atomic E-state index is 11.7. The summed E-state index contributed by atoms with van der Waals surface area (Å²) in [6.07, 6.45) is 6.35. The summed E-state index contributed by atoms with van der Waals surface area (Å²) in [6, 6.07) is 0.371. The van der Waals surface area contributed by atoms with Gasteiger partial charge in [0, 0.05) is 18.3 Å². The van der Waals surface area contributed by atoms with E-state index in [1.807, 2.05) is 0 Å². The fourth-order valence-corrected chi connectivity index (χ4v) is 4.05. The number of amides is 1. The number of nitrogens with two attached hydrogens (primary N) is 1. The van der Waals surface area contributed by atoms with Crippen LogP contribution >= 0.6 is 0 Å². The summed E-state index contributed by atoms with van der Waals surface area (Å²) in [5, 5.41) is 2.92. The normalized spacial score (nSPS) is 36.1. The van der Waals surface area contributed by atoms with E-state index < -0.39 is 15.6 Å². The zero-order chi connectivity index (χ0) is 13.3. The third-order valence-electron chi connectivity index (χ3n) is 4.10. The highest BCUT2D eigenvalue weighted by atomic mass is 32.2. The van der Waals surface area contributed by atoms with E-state index in [0.29, 0.717) is 11.8 Å². The molecule has 104 valence electrons. The smallest absolute Gasteiger partial charge is 0.235 e. The number of fused-ring (bicyclic) bond motifs is 2. The number of carbonyl (C=O) groups excluding carboxylic acids is 1. The average molecular weight is 274 g/mol. The van der Waals surface area contributed by atoms with Gasteiger partial charge in [0.2, 0.25) is 5.91 Å². The van der Waals surface area contributed by atoms with Crippen molar-refractivity contribution in [2.24, 2.45) is 17.6 Å². The molecule has 2 atom stereocenters. The van der Waals surface area contributed by atoms with E-state index >= 15 is 0 Å². The van der Waals surface area contributed by atoms with Crippen LogP contribution < -0.4 is 11.1 Å². The van der Waals surface area contributed by atoms with E-state index in [4.69, 9.17) is 5.73 Å². The molecule has 2 aliphatic rings. The number of hydrogen-bond donors (Lipinski definition) is 2. The van der Waals surface area contributed by atoms with Crippen molar-refractivity contribution in [1.82, 2.24) is 5.32 Å². The molecule has 3 N–H and O–H groups in total. The molecule has 0 aromatic rings. The Morgan fingerprint density at radius 2 is 1.83 bits per heavy atom. The Kier molecular flexibility index (Phi) is 3.96. The lowest BCUT2D eigenvalue weighted by atomic mass is 9.67. The number of nitrogens with one attached hydrogen (secondary N) is 1. The Labute approximate surface area is 108 Å². The summed E-state index contributed by atoms with van der Waals surface area (Å²) in [5.41, 5.74) is 6.01. The molecular weight excluding hydrogens is 252 g/mol. The maximum Gasteiger partial charge on any atom is 0.235 e. The third kappa shape index (κ3) is 3.45. The van der Waals surface area contributed by atoms with Gasteiger partial charge in [-0.15, -0.1) is 0 Å². The minimum Gasteiger partial charge on any atom is -0.352 e. The summed E-state index contributed by atoms with van der Waals surface area (Å²) in [5.74, 6) is 0.0801. The van der Waals surface area contributed by atoms with E-state index in [1.54, 1.807) is 0 Å². The second-order valence-corrected chi connectivity index (χ2v) is 7.99. The largest absolute Gasteiger partial charge is 0.352 e. The summed E-state index contributed by atoms with van der Waals surface area (Å²) in [6.45, 7) is 0. The number of sulfone groups is 1. The molecule has 0 aromatic carbocycles. The molecule has 2 bridgehead atoms. The van der Waals surface area contributed by atoms with Crippen LogP contribution in [0, 0.1) is 11.8 Å². The topological polar surface area (TPSA) is 89.3 Å². The van der Waals surface area contributed by atoms with Gasteiger partial charge in [-0.05, 0) is 37.5 Å². The van der Waals surface area contributed by atoms with Crippen molar-refractivity contribution in [3.05, 3.63) is 0 Å². The van der Waals surface area contributed by atoms with Crippen molar-refractivity contribution in [3.8, 4) is 0 Å². The highest BCUT2D eigenvalue weighted by molar-refractivity contribution is 7.91. The molecule has 2 unspecified atom stereocenters. The zero-order valence-corrected chi connectivity index (χ0v) is 11.6. The lowest BCUT2D eigenvalue weighted by Crippen LogP contribution is -2.54. The first kappa shape index (κ1) is 13.8. The summed E-state index contributed by atoms with van der Waals surface area (Å²) in [7, 11) is -3.25. The van der Waals surface area contributed by atoms with Crippen LogP contribution in [0.4, 0.5) is 0 Å². The van der Waals surface area contributed by atoms with Gasteiger partial charge >= 0.3 is 0 Å². The monoisotopic (exact) mass is 274 g/mol. The van der Waals surface area contributed by atoms with Crippen LogP contribution in [0.15, 0.2) is 0 Å². The molecule has 5 nitrogen and oxygen atoms in total. The van der Waals surface area contributed by atoms with Gasteiger partial charge in [-0.3, -0.25) is 4.79 Å². The predicted octanol–water partition coefficient (Wildman–Crippen LogP) is 0.0532. The Bertz CT molecular complexity index is 407. The summed E-state index contributed by atoms with van der Waals surface area (Å²) >= 11 is 0. The fourth-order valence-electron chi connectivity index (χ4n) is 3.49. The first-order valence-electron chi connectivity index (χ1n) is 6.58. The van der Waals surface area contributed by atoms with Crippen LogP contribution in [-0.4, -0.2) is 38.4 Å². The predicted molar refractivity (Wildman–Crippen MR) is 69.7 cm³/mol.